The molecule has 9 heteroatoms. The van der Waals surface area contributed by atoms with Crippen molar-refractivity contribution in [2.45, 2.75) is 48.7 Å². The van der Waals surface area contributed by atoms with Gasteiger partial charge in [0.05, 0.1) is 17.6 Å². The van der Waals surface area contributed by atoms with E-state index in [1.807, 2.05) is 48.9 Å². The second-order valence-corrected chi connectivity index (χ2v) is 9.46. The van der Waals surface area contributed by atoms with Crippen molar-refractivity contribution in [1.29, 1.82) is 0 Å². The summed E-state index contributed by atoms with van der Waals surface area (Å²) < 4.78 is 44.1. The Morgan fingerprint density at radius 2 is 1.86 bits per heavy atom. The van der Waals surface area contributed by atoms with Crippen molar-refractivity contribution in [2.24, 2.45) is 0 Å². The Morgan fingerprint density at radius 3 is 2.60 bits per heavy atom. The number of anilines is 1. The van der Waals surface area contributed by atoms with Gasteiger partial charge < -0.3 is 9.88 Å². The van der Waals surface area contributed by atoms with E-state index in [-0.39, 0.29) is 10.8 Å². The van der Waals surface area contributed by atoms with Crippen LogP contribution in [-0.2, 0) is 12.7 Å². The molecule has 0 fully saturated rings. The Kier molecular flexibility index (Phi) is 7.75. The minimum absolute atomic E-state index is 0.168. The molecule has 5 nitrogen and oxygen atoms in total. The molecule has 182 valence electrons. The fourth-order valence-electron chi connectivity index (χ4n) is 3.68. The van der Waals surface area contributed by atoms with Gasteiger partial charge in [-0.05, 0) is 36.1 Å². The SMILES string of the molecule is CC(C)c1ccccc1Sc1ccc(-c2cc(NCCCn3ccnc3)ncn2)cc1C(F)(F)F. The molecule has 0 atom stereocenters. The summed E-state index contributed by atoms with van der Waals surface area (Å²) in [6.07, 6.45) is 3.09. The molecule has 0 bridgehead atoms. The molecule has 0 saturated heterocycles. The van der Waals surface area contributed by atoms with Gasteiger partial charge in [-0.15, -0.1) is 0 Å². The Bertz CT molecular complexity index is 1260. The van der Waals surface area contributed by atoms with Crippen LogP contribution in [0.5, 0.6) is 0 Å². The molecule has 0 amide bonds. The largest absolute Gasteiger partial charge is 0.417 e. The average molecular weight is 498 g/mol. The fraction of sp³-hybridized carbons (Fsp3) is 0.269. The molecule has 4 aromatic rings. The number of aryl methyl sites for hydroxylation is 1. The molecule has 4 rings (SSSR count). The Balaban J connectivity index is 1.54. The molecular weight excluding hydrogens is 471 g/mol. The van der Waals surface area contributed by atoms with Crippen molar-refractivity contribution < 1.29 is 13.2 Å². The maximum absolute atomic E-state index is 14.0. The number of rotatable bonds is 9. The summed E-state index contributed by atoms with van der Waals surface area (Å²) in [7, 11) is 0. The zero-order chi connectivity index (χ0) is 24.8. The molecule has 1 N–H and O–H groups in total. The van der Waals surface area contributed by atoms with Crippen LogP contribution < -0.4 is 5.32 Å². The number of nitrogens with zero attached hydrogens (tertiary/aromatic N) is 4. The molecule has 0 aliphatic heterocycles. The smallest absolute Gasteiger partial charge is 0.370 e. The predicted octanol–water partition coefficient (Wildman–Crippen LogP) is 7.14. The molecule has 0 spiro atoms. The van der Waals surface area contributed by atoms with Gasteiger partial charge in [0.1, 0.15) is 12.1 Å². The van der Waals surface area contributed by atoms with E-state index in [9.17, 15) is 13.2 Å². The lowest BCUT2D eigenvalue weighted by molar-refractivity contribution is -0.139. The predicted molar refractivity (Wildman–Crippen MR) is 132 cm³/mol. The molecule has 0 aliphatic carbocycles. The third kappa shape index (κ3) is 6.42. The van der Waals surface area contributed by atoms with Crippen LogP contribution in [0.25, 0.3) is 11.3 Å². The van der Waals surface area contributed by atoms with E-state index in [1.165, 1.54) is 18.5 Å². The minimum atomic E-state index is -4.49. The van der Waals surface area contributed by atoms with E-state index in [4.69, 9.17) is 0 Å². The average Bonchev–Trinajstić information content (AvgIpc) is 3.35. The van der Waals surface area contributed by atoms with Gasteiger partial charge in [-0.2, -0.15) is 13.2 Å². The van der Waals surface area contributed by atoms with Crippen molar-refractivity contribution in [1.82, 2.24) is 19.5 Å². The van der Waals surface area contributed by atoms with Gasteiger partial charge in [0, 0.05) is 46.9 Å². The molecule has 2 aromatic carbocycles. The van der Waals surface area contributed by atoms with Gasteiger partial charge in [-0.1, -0.05) is 49.9 Å². The lowest BCUT2D eigenvalue weighted by Gasteiger charge is -2.17. The summed E-state index contributed by atoms with van der Waals surface area (Å²) in [5.41, 5.74) is 1.17. The summed E-state index contributed by atoms with van der Waals surface area (Å²) in [4.78, 5) is 13.4. The normalized spacial score (nSPS) is 11.7. The van der Waals surface area contributed by atoms with Crippen LogP contribution in [0.4, 0.5) is 19.0 Å². The van der Waals surface area contributed by atoms with Gasteiger partial charge in [0.25, 0.3) is 0 Å². The molecule has 0 unspecified atom stereocenters. The van der Waals surface area contributed by atoms with Gasteiger partial charge in [0.15, 0.2) is 0 Å². The molecule has 2 aromatic heterocycles. The van der Waals surface area contributed by atoms with Gasteiger partial charge >= 0.3 is 6.18 Å². The molecule has 35 heavy (non-hydrogen) atoms. The number of benzene rings is 2. The first-order chi connectivity index (χ1) is 16.8. The van der Waals surface area contributed by atoms with E-state index in [0.29, 0.717) is 23.6 Å². The number of alkyl halides is 3. The van der Waals surface area contributed by atoms with Crippen molar-refractivity contribution in [2.75, 3.05) is 11.9 Å². The zero-order valence-corrected chi connectivity index (χ0v) is 20.3. The zero-order valence-electron chi connectivity index (χ0n) is 19.5. The fourth-order valence-corrected chi connectivity index (χ4v) is 4.90. The highest BCUT2D eigenvalue weighted by Gasteiger charge is 2.34. The first kappa shape index (κ1) is 24.8. The van der Waals surface area contributed by atoms with E-state index in [2.05, 4.69) is 20.3 Å². The maximum atomic E-state index is 14.0. The van der Waals surface area contributed by atoms with Gasteiger partial charge in [-0.3, -0.25) is 0 Å². The summed E-state index contributed by atoms with van der Waals surface area (Å²) in [5.74, 6) is 0.776. The number of hydrogen-bond acceptors (Lipinski definition) is 5. The second-order valence-electron chi connectivity index (χ2n) is 8.37. The summed E-state index contributed by atoms with van der Waals surface area (Å²) in [5, 5.41) is 3.21. The van der Waals surface area contributed by atoms with Gasteiger partial charge in [-0.25, -0.2) is 15.0 Å². The number of hydrogen-bond donors (Lipinski definition) is 1. The van der Waals surface area contributed by atoms with Crippen LogP contribution in [-0.4, -0.2) is 26.1 Å². The third-order valence-corrected chi connectivity index (χ3v) is 6.63. The van der Waals surface area contributed by atoms with Crippen LogP contribution in [0.15, 0.2) is 83.4 Å². The molecule has 0 radical (unpaired) electrons. The van der Waals surface area contributed by atoms with Crippen LogP contribution in [0.2, 0.25) is 0 Å². The molecule has 2 heterocycles. The lowest BCUT2D eigenvalue weighted by Crippen LogP contribution is -2.08. The minimum Gasteiger partial charge on any atom is -0.370 e. The lowest BCUT2D eigenvalue weighted by atomic mass is 10.0. The summed E-state index contributed by atoms with van der Waals surface area (Å²) in [6, 6.07) is 13.6. The van der Waals surface area contributed by atoms with Crippen LogP contribution >= 0.6 is 11.8 Å². The van der Waals surface area contributed by atoms with Crippen molar-refractivity contribution >= 4 is 17.6 Å². The van der Waals surface area contributed by atoms with Crippen LogP contribution in [0.3, 0.4) is 0 Å². The van der Waals surface area contributed by atoms with Gasteiger partial charge in [0.2, 0.25) is 0 Å². The number of nitrogens with one attached hydrogen (secondary N) is 1. The summed E-state index contributed by atoms with van der Waals surface area (Å²) in [6.45, 7) is 5.53. The van der Waals surface area contributed by atoms with E-state index >= 15 is 0 Å². The first-order valence-corrected chi connectivity index (χ1v) is 12.1. The quantitative estimate of drug-likeness (QED) is 0.249. The highest BCUT2D eigenvalue weighted by atomic mass is 32.2. The first-order valence-electron chi connectivity index (χ1n) is 11.3. The van der Waals surface area contributed by atoms with Crippen molar-refractivity contribution in [3.8, 4) is 11.3 Å². The summed E-state index contributed by atoms with van der Waals surface area (Å²) >= 11 is 1.14. The van der Waals surface area contributed by atoms with Crippen LogP contribution in [0.1, 0.15) is 37.3 Å². The second kappa shape index (κ2) is 10.9. The number of imidazole rings is 1. The molecular formula is C26H26F3N5S. The topological polar surface area (TPSA) is 55.6 Å². The Labute approximate surface area is 206 Å². The van der Waals surface area contributed by atoms with E-state index in [0.717, 1.165) is 35.2 Å². The monoisotopic (exact) mass is 497 g/mol. The molecule has 0 aliphatic rings. The van der Waals surface area contributed by atoms with Crippen molar-refractivity contribution in [3.05, 3.63) is 84.7 Å². The number of halogens is 3. The maximum Gasteiger partial charge on any atom is 0.417 e. The Hall–Kier alpha value is -3.33. The standard InChI is InChI=1S/C26H26F3N5S/c1-18(2)20-6-3-4-7-23(20)35-24-9-8-19(14-21(24)26(27,28)29)22-15-25(33-16-32-22)31-10-5-12-34-13-11-30-17-34/h3-4,6-9,11,13-18H,5,10,12H2,1-2H3,(H,31,32,33). The highest BCUT2D eigenvalue weighted by Crippen LogP contribution is 2.43. The van der Waals surface area contributed by atoms with E-state index in [1.54, 1.807) is 24.7 Å². The van der Waals surface area contributed by atoms with Crippen molar-refractivity contribution in [3.63, 3.8) is 0 Å². The van der Waals surface area contributed by atoms with E-state index < -0.39 is 11.7 Å². The highest BCUT2D eigenvalue weighted by molar-refractivity contribution is 7.99. The Morgan fingerprint density at radius 1 is 1.03 bits per heavy atom. The van der Waals surface area contributed by atoms with Crippen LogP contribution in [0, 0.1) is 0 Å². The third-order valence-electron chi connectivity index (χ3n) is 5.47. The number of aromatic nitrogens is 4. The molecule has 0 saturated carbocycles.